The van der Waals surface area contributed by atoms with Crippen molar-refractivity contribution in [2.45, 2.75) is 17.9 Å². The second-order valence-corrected chi connectivity index (χ2v) is 8.29. The van der Waals surface area contributed by atoms with E-state index >= 15 is 0 Å². The van der Waals surface area contributed by atoms with E-state index in [1.165, 1.54) is 4.31 Å². The molecule has 6 heteroatoms. The van der Waals surface area contributed by atoms with Gasteiger partial charge in [0.25, 0.3) is 10.0 Å². The van der Waals surface area contributed by atoms with Crippen LogP contribution in [-0.4, -0.2) is 15.5 Å². The van der Waals surface area contributed by atoms with E-state index in [1.807, 2.05) is 37.3 Å². The first-order valence-corrected chi connectivity index (χ1v) is 10.2. The fraction of sp³-hybridized carbons (Fsp3) is 0.143. The van der Waals surface area contributed by atoms with Crippen molar-refractivity contribution in [3.8, 4) is 5.75 Å². The largest absolute Gasteiger partial charge is 0.497 e. The molecule has 140 valence electrons. The van der Waals surface area contributed by atoms with Crippen molar-refractivity contribution >= 4 is 27.3 Å². The molecule has 0 aliphatic heterocycles. The predicted molar refractivity (Wildman–Crippen MR) is 109 cm³/mol. The van der Waals surface area contributed by atoms with Crippen molar-refractivity contribution in [2.24, 2.45) is 0 Å². The Balaban J connectivity index is 2.13. The molecule has 0 aromatic heterocycles. The van der Waals surface area contributed by atoms with Crippen LogP contribution in [0.15, 0.2) is 83.8 Å². The minimum absolute atomic E-state index is 0.186. The molecule has 0 saturated heterocycles. The molecule has 1 atom stereocenters. The molecule has 0 aliphatic rings. The molecule has 27 heavy (non-hydrogen) atoms. The lowest BCUT2D eigenvalue weighted by Gasteiger charge is -2.31. The molecule has 0 bridgehead atoms. The summed E-state index contributed by atoms with van der Waals surface area (Å²) in [6.07, 6.45) is 0. The average molecular weight is 402 g/mol. The van der Waals surface area contributed by atoms with E-state index in [1.54, 1.807) is 55.6 Å². The summed E-state index contributed by atoms with van der Waals surface area (Å²) in [7, 11) is -2.28. The van der Waals surface area contributed by atoms with Gasteiger partial charge in [0.1, 0.15) is 5.75 Å². The number of methoxy groups -OCH3 is 1. The van der Waals surface area contributed by atoms with Crippen molar-refractivity contribution in [1.82, 2.24) is 0 Å². The minimum Gasteiger partial charge on any atom is -0.497 e. The van der Waals surface area contributed by atoms with E-state index < -0.39 is 16.1 Å². The topological polar surface area (TPSA) is 46.6 Å². The Kier molecular flexibility index (Phi) is 5.73. The minimum atomic E-state index is -3.82. The lowest BCUT2D eigenvalue weighted by molar-refractivity contribution is 0.414. The van der Waals surface area contributed by atoms with Gasteiger partial charge in [0.05, 0.1) is 23.7 Å². The summed E-state index contributed by atoms with van der Waals surface area (Å²) in [5.74, 6) is 0.597. The predicted octanol–water partition coefficient (Wildman–Crippen LogP) is 5.31. The molecule has 0 spiro atoms. The molecule has 0 aliphatic carbocycles. The highest BCUT2D eigenvalue weighted by Crippen LogP contribution is 2.34. The Morgan fingerprint density at radius 3 is 2.19 bits per heavy atom. The second kappa shape index (κ2) is 8.03. The van der Waals surface area contributed by atoms with Gasteiger partial charge in [0, 0.05) is 5.02 Å². The van der Waals surface area contributed by atoms with Crippen LogP contribution in [0.3, 0.4) is 0 Å². The first-order chi connectivity index (χ1) is 12.9. The molecule has 1 unspecified atom stereocenters. The Morgan fingerprint density at radius 2 is 1.59 bits per heavy atom. The molecule has 0 radical (unpaired) electrons. The van der Waals surface area contributed by atoms with Crippen LogP contribution >= 0.6 is 11.6 Å². The highest BCUT2D eigenvalue weighted by molar-refractivity contribution is 7.92. The third-order valence-corrected chi connectivity index (χ3v) is 6.46. The molecular formula is C21H20ClNO3S. The fourth-order valence-corrected chi connectivity index (χ4v) is 4.73. The third kappa shape index (κ3) is 4.10. The zero-order valence-corrected chi connectivity index (χ0v) is 16.6. The van der Waals surface area contributed by atoms with Gasteiger partial charge in [-0.2, -0.15) is 0 Å². The maximum Gasteiger partial charge on any atom is 0.264 e. The van der Waals surface area contributed by atoms with E-state index in [-0.39, 0.29) is 4.90 Å². The van der Waals surface area contributed by atoms with Crippen LogP contribution in [0.5, 0.6) is 5.75 Å². The van der Waals surface area contributed by atoms with Crippen LogP contribution in [0.2, 0.25) is 5.02 Å². The summed E-state index contributed by atoms with van der Waals surface area (Å²) >= 11 is 6.14. The highest BCUT2D eigenvalue weighted by Gasteiger charge is 2.30. The molecule has 3 aromatic rings. The van der Waals surface area contributed by atoms with Crippen molar-refractivity contribution in [2.75, 3.05) is 11.4 Å². The lowest BCUT2D eigenvalue weighted by Crippen LogP contribution is -2.33. The van der Waals surface area contributed by atoms with Gasteiger partial charge in [-0.3, -0.25) is 4.31 Å². The van der Waals surface area contributed by atoms with E-state index in [2.05, 4.69) is 0 Å². The van der Waals surface area contributed by atoms with Gasteiger partial charge >= 0.3 is 0 Å². The van der Waals surface area contributed by atoms with Crippen LogP contribution in [0, 0.1) is 0 Å². The van der Waals surface area contributed by atoms with Crippen molar-refractivity contribution < 1.29 is 13.2 Å². The van der Waals surface area contributed by atoms with E-state index in [0.717, 1.165) is 5.56 Å². The number of halogens is 1. The van der Waals surface area contributed by atoms with Gasteiger partial charge in [-0.05, 0) is 55.0 Å². The number of nitrogens with zero attached hydrogens (tertiary/aromatic N) is 1. The fourth-order valence-electron chi connectivity index (χ4n) is 2.91. The smallest absolute Gasteiger partial charge is 0.264 e. The van der Waals surface area contributed by atoms with Gasteiger partial charge in [-0.25, -0.2) is 8.42 Å². The van der Waals surface area contributed by atoms with Gasteiger partial charge in [0.15, 0.2) is 0 Å². The molecule has 3 aromatic carbocycles. The standard InChI is InChI=1S/C21H20ClNO3S/c1-16(17-7-4-3-5-8-17)23(19-10-6-9-18(22)15-19)27(24,25)21-13-11-20(26-2)12-14-21/h3-16H,1-2H3. The summed E-state index contributed by atoms with van der Waals surface area (Å²) < 4.78 is 33.5. The molecule has 0 amide bonds. The molecule has 0 fully saturated rings. The first-order valence-electron chi connectivity index (χ1n) is 8.42. The van der Waals surface area contributed by atoms with Crippen molar-refractivity contribution in [3.05, 3.63) is 89.4 Å². The second-order valence-electron chi connectivity index (χ2n) is 6.04. The monoisotopic (exact) mass is 401 g/mol. The number of anilines is 1. The van der Waals surface area contributed by atoms with E-state index in [9.17, 15) is 8.42 Å². The van der Waals surface area contributed by atoms with Gasteiger partial charge in [-0.15, -0.1) is 0 Å². The lowest BCUT2D eigenvalue weighted by atomic mass is 10.1. The Bertz CT molecular complexity index is 1010. The van der Waals surface area contributed by atoms with Crippen molar-refractivity contribution in [3.63, 3.8) is 0 Å². The summed E-state index contributed by atoms with van der Waals surface area (Å²) in [6, 6.07) is 22.3. The summed E-state index contributed by atoms with van der Waals surface area (Å²) in [4.78, 5) is 0.186. The maximum atomic E-state index is 13.5. The SMILES string of the molecule is COc1ccc(S(=O)(=O)N(c2cccc(Cl)c2)C(C)c2ccccc2)cc1. The Hall–Kier alpha value is -2.50. The highest BCUT2D eigenvalue weighted by atomic mass is 35.5. The molecule has 3 rings (SSSR count). The van der Waals surface area contributed by atoms with Crippen LogP contribution in [-0.2, 0) is 10.0 Å². The Morgan fingerprint density at radius 1 is 0.926 bits per heavy atom. The van der Waals surface area contributed by atoms with Crippen LogP contribution in [0.4, 0.5) is 5.69 Å². The number of sulfonamides is 1. The van der Waals surface area contributed by atoms with Crippen LogP contribution < -0.4 is 9.04 Å². The number of rotatable bonds is 6. The van der Waals surface area contributed by atoms with Crippen molar-refractivity contribution in [1.29, 1.82) is 0 Å². The summed E-state index contributed by atoms with van der Waals surface area (Å²) in [5, 5.41) is 0.475. The number of hydrogen-bond acceptors (Lipinski definition) is 3. The quantitative estimate of drug-likeness (QED) is 0.562. The molecule has 4 nitrogen and oxygen atoms in total. The number of ether oxygens (including phenoxy) is 1. The molecular weight excluding hydrogens is 382 g/mol. The van der Waals surface area contributed by atoms with Gasteiger partial charge < -0.3 is 4.74 Å². The van der Waals surface area contributed by atoms with E-state index in [0.29, 0.717) is 16.5 Å². The first kappa shape index (κ1) is 19.3. The number of hydrogen-bond donors (Lipinski definition) is 0. The average Bonchev–Trinajstić information content (AvgIpc) is 2.68. The molecule has 0 saturated carbocycles. The number of benzene rings is 3. The summed E-state index contributed by atoms with van der Waals surface area (Å²) in [6.45, 7) is 1.86. The normalized spacial score (nSPS) is 12.4. The third-order valence-electron chi connectivity index (χ3n) is 4.31. The zero-order chi connectivity index (χ0) is 19.4. The van der Waals surface area contributed by atoms with Crippen LogP contribution in [0.25, 0.3) is 0 Å². The maximum absolute atomic E-state index is 13.5. The Labute approximate surface area is 165 Å². The molecule has 0 N–H and O–H groups in total. The zero-order valence-electron chi connectivity index (χ0n) is 15.0. The van der Waals surface area contributed by atoms with Crippen LogP contribution in [0.1, 0.15) is 18.5 Å². The van der Waals surface area contributed by atoms with Gasteiger partial charge in [-0.1, -0.05) is 48.0 Å². The van der Waals surface area contributed by atoms with E-state index in [4.69, 9.17) is 16.3 Å². The molecule has 0 heterocycles. The van der Waals surface area contributed by atoms with Gasteiger partial charge in [0.2, 0.25) is 0 Å². The summed E-state index contributed by atoms with van der Waals surface area (Å²) in [5.41, 5.74) is 1.39.